The first-order valence-corrected chi connectivity index (χ1v) is 9.91. The lowest BCUT2D eigenvalue weighted by molar-refractivity contribution is -0.204. The van der Waals surface area contributed by atoms with Crippen LogP contribution in [0.2, 0.25) is 0 Å². The Labute approximate surface area is 180 Å². The zero-order valence-electron chi connectivity index (χ0n) is 17.0. The van der Waals surface area contributed by atoms with Gasteiger partial charge in [-0.1, -0.05) is 6.92 Å². The normalized spacial score (nSPS) is 15.1. The summed E-state index contributed by atoms with van der Waals surface area (Å²) < 4.78 is 42.2. The van der Waals surface area contributed by atoms with Crippen molar-refractivity contribution < 1.29 is 32.0 Å². The highest BCUT2D eigenvalue weighted by molar-refractivity contribution is 5.97. The molecule has 168 valence electrons. The molecule has 0 bridgehead atoms. The zero-order chi connectivity index (χ0) is 22.9. The number of pyridine rings is 1. The Morgan fingerprint density at radius 3 is 2.59 bits per heavy atom. The van der Waals surface area contributed by atoms with Crippen molar-refractivity contribution in [3.63, 3.8) is 0 Å². The van der Waals surface area contributed by atoms with E-state index in [1.165, 1.54) is 23.7 Å². The highest BCUT2D eigenvalue weighted by atomic mass is 19.4. The van der Waals surface area contributed by atoms with E-state index in [0.29, 0.717) is 22.6 Å². The van der Waals surface area contributed by atoms with Crippen molar-refractivity contribution in [2.24, 2.45) is 5.92 Å². The Morgan fingerprint density at radius 2 is 1.94 bits per heavy atom. The predicted octanol–water partition coefficient (Wildman–Crippen LogP) is 3.88. The average molecular weight is 448 g/mol. The van der Waals surface area contributed by atoms with Crippen LogP contribution in [-0.4, -0.2) is 41.1 Å². The molecular formula is C21H19F3N4O4. The van der Waals surface area contributed by atoms with Crippen LogP contribution in [0.3, 0.4) is 0 Å². The second-order valence-electron chi connectivity index (χ2n) is 7.59. The summed E-state index contributed by atoms with van der Waals surface area (Å²) in [5, 5.41) is 0. The first-order chi connectivity index (χ1) is 15.2. The first kappa shape index (κ1) is 21.6. The third-order valence-corrected chi connectivity index (χ3v) is 5.22. The monoisotopic (exact) mass is 448 g/mol. The van der Waals surface area contributed by atoms with Crippen molar-refractivity contribution in [1.82, 2.24) is 15.4 Å². The number of halogens is 3. The van der Waals surface area contributed by atoms with E-state index in [2.05, 4.69) is 26.6 Å². The molecule has 0 aliphatic carbocycles. The number of aromatic nitrogens is 2. The molecule has 0 saturated carbocycles. The van der Waals surface area contributed by atoms with Gasteiger partial charge in [-0.05, 0) is 49.1 Å². The van der Waals surface area contributed by atoms with Crippen LogP contribution in [0, 0.1) is 5.92 Å². The van der Waals surface area contributed by atoms with Gasteiger partial charge in [0.15, 0.2) is 5.58 Å². The largest absolute Gasteiger partial charge is 0.493 e. The SMILES string of the molecule is CC1CCN(c2ccc(-c3nc4cc(C(=O)NOC(=O)C(F)(F)F)ccc4o3)cn2)CC1. The molecule has 1 N–H and O–H groups in total. The van der Waals surface area contributed by atoms with Gasteiger partial charge < -0.3 is 14.2 Å². The lowest BCUT2D eigenvalue weighted by Crippen LogP contribution is -2.34. The summed E-state index contributed by atoms with van der Waals surface area (Å²) >= 11 is 0. The van der Waals surface area contributed by atoms with Crippen molar-refractivity contribution in [1.29, 1.82) is 0 Å². The molecule has 3 aromatic rings. The number of oxazole rings is 1. The Hall–Kier alpha value is -3.63. The van der Waals surface area contributed by atoms with Gasteiger partial charge in [0.25, 0.3) is 5.91 Å². The number of carbonyl (C=O) groups excluding carboxylic acids is 2. The van der Waals surface area contributed by atoms with E-state index in [0.717, 1.165) is 31.7 Å². The van der Waals surface area contributed by atoms with E-state index >= 15 is 0 Å². The molecule has 4 rings (SSSR count). The number of nitrogens with one attached hydrogen (secondary N) is 1. The van der Waals surface area contributed by atoms with Gasteiger partial charge in [0.1, 0.15) is 11.3 Å². The van der Waals surface area contributed by atoms with E-state index in [4.69, 9.17) is 4.42 Å². The molecule has 0 spiro atoms. The smallest absolute Gasteiger partial charge is 0.436 e. The van der Waals surface area contributed by atoms with Crippen LogP contribution in [0.25, 0.3) is 22.6 Å². The summed E-state index contributed by atoms with van der Waals surface area (Å²) in [5.74, 6) is -1.67. The van der Waals surface area contributed by atoms with Crippen molar-refractivity contribution in [3.8, 4) is 11.5 Å². The molecule has 1 amide bonds. The molecule has 1 saturated heterocycles. The minimum Gasteiger partial charge on any atom is -0.436 e. The molecule has 32 heavy (non-hydrogen) atoms. The number of fused-ring (bicyclic) bond motifs is 1. The second-order valence-corrected chi connectivity index (χ2v) is 7.59. The number of hydrogen-bond acceptors (Lipinski definition) is 7. The Kier molecular flexibility index (Phi) is 5.72. The maximum atomic E-state index is 12.2. The van der Waals surface area contributed by atoms with Gasteiger partial charge in [0.05, 0.1) is 5.56 Å². The molecule has 8 nitrogen and oxygen atoms in total. The van der Waals surface area contributed by atoms with E-state index in [-0.39, 0.29) is 11.5 Å². The molecule has 1 aromatic carbocycles. The number of amides is 1. The number of nitrogens with zero attached hydrogens (tertiary/aromatic N) is 3. The molecule has 11 heteroatoms. The number of carbonyl (C=O) groups is 2. The number of hydrogen-bond donors (Lipinski definition) is 1. The molecule has 0 radical (unpaired) electrons. The van der Waals surface area contributed by atoms with E-state index in [1.807, 2.05) is 12.1 Å². The van der Waals surface area contributed by atoms with Crippen molar-refractivity contribution in [3.05, 3.63) is 42.1 Å². The molecule has 0 unspecified atom stereocenters. The van der Waals surface area contributed by atoms with Crippen molar-refractivity contribution in [2.45, 2.75) is 25.9 Å². The van der Waals surface area contributed by atoms with Gasteiger partial charge in [-0.15, -0.1) is 0 Å². The van der Waals surface area contributed by atoms with Gasteiger partial charge in [0, 0.05) is 24.8 Å². The zero-order valence-corrected chi connectivity index (χ0v) is 17.0. The molecule has 1 aliphatic heterocycles. The minimum absolute atomic E-state index is 0.0554. The van der Waals surface area contributed by atoms with Crippen LogP contribution >= 0.6 is 0 Å². The second kappa shape index (κ2) is 8.48. The van der Waals surface area contributed by atoms with Gasteiger partial charge in [-0.2, -0.15) is 18.7 Å². The molecule has 0 atom stereocenters. The maximum Gasteiger partial charge on any atom is 0.493 e. The highest BCUT2D eigenvalue weighted by Gasteiger charge is 2.42. The molecule has 1 fully saturated rings. The summed E-state index contributed by atoms with van der Waals surface area (Å²) in [6, 6.07) is 7.81. The summed E-state index contributed by atoms with van der Waals surface area (Å²) in [7, 11) is 0. The summed E-state index contributed by atoms with van der Waals surface area (Å²) in [5.41, 5.74) is 2.73. The van der Waals surface area contributed by atoms with Crippen LogP contribution in [0.4, 0.5) is 19.0 Å². The number of piperidine rings is 1. The molecule has 3 heterocycles. The Bertz CT molecular complexity index is 1140. The van der Waals surface area contributed by atoms with Crippen LogP contribution in [0.1, 0.15) is 30.1 Å². The van der Waals surface area contributed by atoms with Gasteiger partial charge >= 0.3 is 12.1 Å². The van der Waals surface area contributed by atoms with Crippen molar-refractivity contribution in [2.75, 3.05) is 18.0 Å². The van der Waals surface area contributed by atoms with Crippen LogP contribution in [0.15, 0.2) is 40.9 Å². The minimum atomic E-state index is -5.21. The predicted molar refractivity (Wildman–Crippen MR) is 107 cm³/mol. The lowest BCUT2D eigenvalue weighted by atomic mass is 9.99. The fraction of sp³-hybridized carbons (Fsp3) is 0.333. The molecular weight excluding hydrogens is 429 g/mol. The van der Waals surface area contributed by atoms with Gasteiger partial charge in [-0.25, -0.2) is 14.8 Å². The standard InChI is InChI=1S/C21H19F3N4O4/c1-12-6-8-28(9-7-12)17-5-3-14(11-25-17)19-26-15-10-13(2-4-16(15)31-19)18(29)27-32-20(30)21(22,23)24/h2-5,10-12H,6-9H2,1H3,(H,27,29). The molecule has 1 aliphatic rings. The molecule has 2 aromatic heterocycles. The lowest BCUT2D eigenvalue weighted by Gasteiger charge is -2.31. The quantitative estimate of drug-likeness (QED) is 0.608. The Balaban J connectivity index is 1.47. The fourth-order valence-corrected chi connectivity index (χ4v) is 3.34. The number of rotatable bonds is 3. The summed E-state index contributed by atoms with van der Waals surface area (Å²) in [6.45, 7) is 4.16. The third kappa shape index (κ3) is 4.66. The van der Waals surface area contributed by atoms with E-state index < -0.39 is 18.1 Å². The number of anilines is 1. The van der Waals surface area contributed by atoms with E-state index in [1.54, 1.807) is 6.20 Å². The average Bonchev–Trinajstić information content (AvgIpc) is 3.20. The third-order valence-electron chi connectivity index (χ3n) is 5.22. The topological polar surface area (TPSA) is 97.6 Å². The number of hydroxylamine groups is 1. The van der Waals surface area contributed by atoms with Crippen molar-refractivity contribution >= 4 is 28.8 Å². The van der Waals surface area contributed by atoms with E-state index in [9.17, 15) is 22.8 Å². The van der Waals surface area contributed by atoms with Gasteiger partial charge in [0.2, 0.25) is 5.89 Å². The summed E-state index contributed by atoms with van der Waals surface area (Å²) in [4.78, 5) is 37.5. The summed E-state index contributed by atoms with van der Waals surface area (Å²) in [6.07, 6.45) is -1.31. The fourth-order valence-electron chi connectivity index (χ4n) is 3.34. The van der Waals surface area contributed by atoms with Crippen LogP contribution < -0.4 is 10.4 Å². The van der Waals surface area contributed by atoms with Crippen LogP contribution in [-0.2, 0) is 9.63 Å². The Morgan fingerprint density at radius 1 is 1.19 bits per heavy atom. The highest BCUT2D eigenvalue weighted by Crippen LogP contribution is 2.27. The first-order valence-electron chi connectivity index (χ1n) is 9.91. The maximum absolute atomic E-state index is 12.2. The number of benzene rings is 1. The van der Waals surface area contributed by atoms with Gasteiger partial charge in [-0.3, -0.25) is 4.79 Å². The van der Waals surface area contributed by atoms with Crippen LogP contribution in [0.5, 0.6) is 0 Å². The number of alkyl halides is 3.